The maximum Gasteiger partial charge on any atom is 0.344 e. The predicted octanol–water partition coefficient (Wildman–Crippen LogP) is 1.82. The maximum absolute atomic E-state index is 11.6. The molecule has 124 valence electrons. The predicted molar refractivity (Wildman–Crippen MR) is 82.5 cm³/mol. The molecule has 0 N–H and O–H groups in total. The number of benzene rings is 1. The Morgan fingerprint density at radius 1 is 1.00 bits per heavy atom. The van der Waals surface area contributed by atoms with Crippen molar-refractivity contribution in [2.75, 3.05) is 19.8 Å². The van der Waals surface area contributed by atoms with E-state index >= 15 is 0 Å². The van der Waals surface area contributed by atoms with Crippen LogP contribution in [-0.4, -0.2) is 37.7 Å². The van der Waals surface area contributed by atoms with Crippen molar-refractivity contribution < 1.29 is 28.6 Å². The molecule has 6 nitrogen and oxygen atoms in total. The summed E-state index contributed by atoms with van der Waals surface area (Å²) in [7, 11) is 0. The molecule has 0 fully saturated rings. The molecule has 0 saturated carbocycles. The molecule has 0 heterocycles. The van der Waals surface area contributed by atoms with Crippen LogP contribution in [-0.2, 0) is 35.0 Å². The highest BCUT2D eigenvalue weighted by atomic mass is 16.6. The second kappa shape index (κ2) is 10.2. The fourth-order valence-electron chi connectivity index (χ4n) is 1.65. The van der Waals surface area contributed by atoms with E-state index in [1.54, 1.807) is 6.92 Å². The number of carbonyl (C=O) groups is 3. The third kappa shape index (κ3) is 7.80. The molecule has 0 atom stereocenters. The average Bonchev–Trinajstić information content (AvgIpc) is 2.53. The zero-order valence-corrected chi connectivity index (χ0v) is 13.1. The Bertz CT molecular complexity index is 549. The van der Waals surface area contributed by atoms with Crippen LogP contribution in [0.1, 0.15) is 18.9 Å². The van der Waals surface area contributed by atoms with Crippen LogP contribution < -0.4 is 0 Å². The number of hydrogen-bond donors (Lipinski definition) is 0. The lowest BCUT2D eigenvalue weighted by Gasteiger charge is -2.07. The summed E-state index contributed by atoms with van der Waals surface area (Å²) < 4.78 is 14.3. The van der Waals surface area contributed by atoms with Crippen molar-refractivity contribution in [1.82, 2.24) is 0 Å². The van der Waals surface area contributed by atoms with Gasteiger partial charge in [-0.15, -0.1) is 0 Å². The van der Waals surface area contributed by atoms with Crippen LogP contribution in [0.2, 0.25) is 0 Å². The van der Waals surface area contributed by atoms with Crippen molar-refractivity contribution in [3.63, 3.8) is 0 Å². The molecule has 0 unspecified atom stereocenters. The Labute approximate surface area is 135 Å². The minimum Gasteiger partial charge on any atom is -0.465 e. The average molecular weight is 320 g/mol. The first-order valence-corrected chi connectivity index (χ1v) is 7.23. The van der Waals surface area contributed by atoms with Gasteiger partial charge in [-0.3, -0.25) is 4.79 Å². The van der Waals surface area contributed by atoms with Crippen molar-refractivity contribution in [2.45, 2.75) is 19.8 Å². The van der Waals surface area contributed by atoms with E-state index in [2.05, 4.69) is 16.1 Å². The minimum atomic E-state index is -0.821. The van der Waals surface area contributed by atoms with Crippen LogP contribution in [0.15, 0.2) is 42.5 Å². The summed E-state index contributed by atoms with van der Waals surface area (Å²) in [6, 6.07) is 9.57. The number of ether oxygens (including phenoxy) is 3. The Morgan fingerprint density at radius 2 is 1.70 bits per heavy atom. The van der Waals surface area contributed by atoms with Gasteiger partial charge in [-0.2, -0.15) is 0 Å². The molecule has 23 heavy (non-hydrogen) atoms. The summed E-state index contributed by atoms with van der Waals surface area (Å²) in [5.41, 5.74) is 0.979. The molecule has 0 aliphatic rings. The molecule has 0 saturated heterocycles. The zero-order valence-electron chi connectivity index (χ0n) is 13.1. The van der Waals surface area contributed by atoms with E-state index in [1.165, 1.54) is 0 Å². The topological polar surface area (TPSA) is 78.9 Å². The van der Waals surface area contributed by atoms with E-state index in [-0.39, 0.29) is 25.2 Å². The summed E-state index contributed by atoms with van der Waals surface area (Å²) in [6.45, 7) is 5.01. The summed E-state index contributed by atoms with van der Waals surface area (Å²) in [4.78, 5) is 34.2. The monoisotopic (exact) mass is 320 g/mol. The molecule has 0 aliphatic heterocycles. The summed E-state index contributed by atoms with van der Waals surface area (Å²) in [6.07, 6.45) is 0.308. The molecule has 0 amide bonds. The van der Waals surface area contributed by atoms with E-state index in [0.29, 0.717) is 6.42 Å². The second-order valence-corrected chi connectivity index (χ2v) is 4.62. The van der Waals surface area contributed by atoms with Crippen molar-refractivity contribution in [1.29, 1.82) is 0 Å². The molecule has 6 heteroatoms. The molecular weight excluding hydrogens is 300 g/mol. The summed E-state index contributed by atoms with van der Waals surface area (Å²) in [5, 5.41) is 0. The Hall–Kier alpha value is -2.63. The van der Waals surface area contributed by atoms with E-state index in [1.807, 2.05) is 30.3 Å². The van der Waals surface area contributed by atoms with Gasteiger partial charge in [-0.05, 0) is 12.5 Å². The van der Waals surface area contributed by atoms with Gasteiger partial charge < -0.3 is 14.2 Å². The molecule has 1 aromatic rings. The lowest BCUT2D eigenvalue weighted by atomic mass is 10.2. The number of esters is 3. The van der Waals surface area contributed by atoms with Crippen LogP contribution in [0, 0.1) is 0 Å². The molecule has 0 radical (unpaired) electrons. The first-order valence-electron chi connectivity index (χ1n) is 7.23. The highest BCUT2D eigenvalue weighted by Crippen LogP contribution is 2.05. The van der Waals surface area contributed by atoms with Crippen LogP contribution in [0.4, 0.5) is 0 Å². The van der Waals surface area contributed by atoms with Crippen LogP contribution in [0.5, 0.6) is 0 Å². The van der Waals surface area contributed by atoms with E-state index in [0.717, 1.165) is 5.56 Å². The van der Waals surface area contributed by atoms with E-state index in [9.17, 15) is 14.4 Å². The third-order valence-corrected chi connectivity index (χ3v) is 2.77. The fourth-order valence-corrected chi connectivity index (χ4v) is 1.65. The number of hydrogen-bond acceptors (Lipinski definition) is 6. The van der Waals surface area contributed by atoms with Crippen molar-refractivity contribution in [2.24, 2.45) is 0 Å². The number of rotatable bonds is 9. The van der Waals surface area contributed by atoms with Gasteiger partial charge in [0.2, 0.25) is 0 Å². The smallest absolute Gasteiger partial charge is 0.344 e. The van der Waals surface area contributed by atoms with Gasteiger partial charge in [0.1, 0.15) is 0 Å². The quantitative estimate of drug-likeness (QED) is 0.392. The lowest BCUT2D eigenvalue weighted by molar-refractivity contribution is -0.156. The normalized spacial score (nSPS) is 9.78. The molecule has 1 aromatic carbocycles. The first kappa shape index (κ1) is 18.4. The molecule has 0 aliphatic carbocycles. The van der Waals surface area contributed by atoms with Crippen molar-refractivity contribution in [3.05, 3.63) is 48.0 Å². The standard InChI is InChI=1S/C17H20O6/c1-3-21-16(19)12-23-17(20)13(2)11-15(18)22-10-9-14-7-5-4-6-8-14/h4-8H,2-3,9-12H2,1H3. The van der Waals surface area contributed by atoms with Gasteiger partial charge in [0, 0.05) is 12.0 Å². The van der Waals surface area contributed by atoms with Crippen molar-refractivity contribution >= 4 is 17.9 Å². The van der Waals surface area contributed by atoms with Gasteiger partial charge in [-0.1, -0.05) is 36.9 Å². The molecule has 0 spiro atoms. The molecule has 0 bridgehead atoms. The van der Waals surface area contributed by atoms with Gasteiger partial charge in [0.15, 0.2) is 6.61 Å². The van der Waals surface area contributed by atoms with Gasteiger partial charge in [0.25, 0.3) is 0 Å². The number of carbonyl (C=O) groups excluding carboxylic acids is 3. The SMILES string of the molecule is C=C(CC(=O)OCCc1ccccc1)C(=O)OCC(=O)OCC. The van der Waals surface area contributed by atoms with Crippen LogP contribution >= 0.6 is 0 Å². The van der Waals surface area contributed by atoms with Gasteiger partial charge in [0.05, 0.1) is 19.6 Å². The summed E-state index contributed by atoms with van der Waals surface area (Å²) in [5.74, 6) is -2.05. The van der Waals surface area contributed by atoms with Crippen LogP contribution in [0.3, 0.4) is 0 Å². The highest BCUT2D eigenvalue weighted by molar-refractivity contribution is 5.94. The van der Waals surface area contributed by atoms with E-state index in [4.69, 9.17) is 4.74 Å². The summed E-state index contributed by atoms with van der Waals surface area (Å²) >= 11 is 0. The van der Waals surface area contributed by atoms with Crippen LogP contribution in [0.25, 0.3) is 0 Å². The van der Waals surface area contributed by atoms with Crippen molar-refractivity contribution in [3.8, 4) is 0 Å². The molecular formula is C17H20O6. The van der Waals surface area contributed by atoms with Gasteiger partial charge in [-0.25, -0.2) is 9.59 Å². The largest absolute Gasteiger partial charge is 0.465 e. The second-order valence-electron chi connectivity index (χ2n) is 4.62. The highest BCUT2D eigenvalue weighted by Gasteiger charge is 2.16. The first-order chi connectivity index (χ1) is 11.0. The lowest BCUT2D eigenvalue weighted by Crippen LogP contribution is -2.19. The third-order valence-electron chi connectivity index (χ3n) is 2.77. The maximum atomic E-state index is 11.6. The Morgan fingerprint density at radius 3 is 2.35 bits per heavy atom. The van der Waals surface area contributed by atoms with E-state index < -0.39 is 24.5 Å². The Balaban J connectivity index is 2.23. The fraction of sp³-hybridized carbons (Fsp3) is 0.353. The molecule has 1 rings (SSSR count). The molecule has 0 aromatic heterocycles. The van der Waals surface area contributed by atoms with Gasteiger partial charge >= 0.3 is 17.9 Å². The Kier molecular flexibility index (Phi) is 8.13. The zero-order chi connectivity index (χ0) is 17.1. The minimum absolute atomic E-state index is 0.0704.